The molecule has 0 saturated heterocycles. The van der Waals surface area contributed by atoms with E-state index in [0.29, 0.717) is 128 Å². The van der Waals surface area contributed by atoms with Crippen LogP contribution in [0, 0.1) is 5.82 Å². The molecule has 37 heteroatoms. The molecule has 0 fully saturated rings. The number of nitrogens with one attached hydrogen (secondary N) is 1. The lowest BCUT2D eigenvalue weighted by atomic mass is 10.1. The third kappa shape index (κ3) is 23.9. The normalized spacial score (nSPS) is 12.0. The Kier molecular flexibility index (Phi) is 30.2. The second-order valence-electron chi connectivity index (χ2n) is 33.6. The molecular weight excluding hydrogens is 1780 g/mol. The van der Waals surface area contributed by atoms with E-state index >= 15 is 0 Å². The van der Waals surface area contributed by atoms with Gasteiger partial charge in [0.1, 0.15) is 52.5 Å². The zero-order valence-corrected chi connectivity index (χ0v) is 79.3. The SMILES string of the molecule is CCn1cccc1CN(c1cc(OC)cc(OC)c1)c1ccc2ncc(-c3cnn(C)c3)nc2c1.CNC(=O)c1cc(F)cc(N(CC(C)(C)O)c2ccc3ncc(-c4cnn(C)c4)nc3c2)c1.COc1cc(OC)cc(N(CC(O)C(C)(F)F)c2ccc3ncc(-c4cnn(C(C)C)c4)nc3c2)c1.COc1cc(OC)cc(N(C[C@@H](O)C(C)(F)F)c2ccc3ncc(-c4cnn(C)c4)nc3c2)c1. The molecule has 0 saturated carbocycles. The molecule has 4 N–H and O–H groups in total. The van der Waals surface area contributed by atoms with E-state index in [1.54, 1.807) is 185 Å². The summed E-state index contributed by atoms with van der Waals surface area (Å²) in [7, 11) is 16.4. The zero-order valence-electron chi connectivity index (χ0n) is 79.3. The Morgan fingerprint density at radius 3 is 1.07 bits per heavy atom. The highest BCUT2D eigenvalue weighted by Gasteiger charge is 2.37. The van der Waals surface area contributed by atoms with Crippen LogP contribution in [0.2, 0.25) is 0 Å². The molecule has 8 aromatic carbocycles. The van der Waals surface area contributed by atoms with Crippen LogP contribution in [-0.2, 0) is 34.2 Å². The number of hydrogen-bond acceptors (Lipinski definition) is 26. The Bertz CT molecular complexity index is 7070. The molecule has 0 radical (unpaired) electrons. The number of alkyl halides is 4. The van der Waals surface area contributed by atoms with E-state index in [1.165, 1.54) is 53.3 Å². The van der Waals surface area contributed by atoms with Gasteiger partial charge in [0.25, 0.3) is 17.8 Å². The minimum atomic E-state index is -3.30. The molecule has 2 atom stereocenters. The van der Waals surface area contributed by atoms with Crippen LogP contribution in [0.4, 0.5) is 67.5 Å². The average Bonchev–Trinajstić information content (AvgIpc) is 1.39. The van der Waals surface area contributed by atoms with E-state index in [0.717, 1.165) is 68.4 Å². The van der Waals surface area contributed by atoms with Crippen LogP contribution in [0.5, 0.6) is 34.5 Å². The number of anilines is 8. The molecule has 17 rings (SSSR count). The monoisotopic (exact) mass is 1880 g/mol. The number of aliphatic hydroxyl groups is 3. The number of aryl methyl sites for hydroxylation is 4. The maximum absolute atomic E-state index is 14.4. The number of amides is 1. The Morgan fingerprint density at radius 2 is 0.754 bits per heavy atom. The van der Waals surface area contributed by atoms with Crippen LogP contribution in [-0.4, -0.2) is 204 Å². The minimum Gasteiger partial charge on any atom is -0.497 e. The van der Waals surface area contributed by atoms with Gasteiger partial charge in [-0.1, -0.05) is 0 Å². The molecule has 0 aliphatic rings. The standard InChI is InChI=1S/C27H28N6O2.C26H29F2N5O3.C24H25F2N5O3.C24H25FN6O2/c1-5-32-10-6-7-21(32)18-33(22-11-23(34-3)14-24(12-22)35-4)20-8-9-25-26(13-20)30-27(16-28-25)19-15-29-31(2)17-19;1-16(2)33-14-17(12-30-33)24-13-29-22-7-6-18(10-23(22)31-24)32(15-25(34)26(3,27)28)19-8-20(35-4)11-21(9-19)36-5;1-24(25,26)23(32)14-31(17-7-18(33-3)10-19(8-17)34-4)16-5-6-20-21(9-16)29-22(12-27-20)15-11-28-30(2)13-15;1-24(2,33)14-31(19-8-15(23(32)26-3)7-17(25)9-19)18-5-6-20-21(10-18)29-22(12-27-20)16-11-28-30(4)13-16/h6-17H,5,18H2,1-4H3;6-14,16,25,34H,15H2,1-5H3;5-13,23,32H,14H2,1-4H3;5-13,33H,14H2,1-4H3,(H,26,32)/t;;23-;/m..1./s1. The number of nitrogens with zero attached hydrogens (tertiary/aromatic N) is 21. The lowest BCUT2D eigenvalue weighted by Crippen LogP contribution is -2.40. The second-order valence-corrected chi connectivity index (χ2v) is 33.6. The van der Waals surface area contributed by atoms with Gasteiger partial charge in [0.2, 0.25) is 0 Å². The molecule has 0 aliphatic heterocycles. The smallest absolute Gasteiger partial charge is 0.272 e. The van der Waals surface area contributed by atoms with Crippen LogP contribution < -0.4 is 53.3 Å². The van der Waals surface area contributed by atoms with Gasteiger partial charge in [-0.15, -0.1) is 0 Å². The first-order chi connectivity index (χ1) is 66.0. The number of methoxy groups -OCH3 is 6. The Balaban J connectivity index is 0.000000147. The average molecular weight is 1880 g/mol. The number of aromatic nitrogens is 17. The topological polar surface area (TPSA) is 337 Å². The highest BCUT2D eigenvalue weighted by molar-refractivity contribution is 5.96. The molecule has 32 nitrogen and oxygen atoms in total. The first kappa shape index (κ1) is 98.2. The summed E-state index contributed by atoms with van der Waals surface area (Å²) in [5, 5.41) is 50.6. The molecule has 716 valence electrons. The first-order valence-corrected chi connectivity index (χ1v) is 43.9. The van der Waals surface area contributed by atoms with E-state index in [1.807, 2.05) is 107 Å². The summed E-state index contributed by atoms with van der Waals surface area (Å²) in [6.07, 6.45) is 19.5. The lowest BCUT2D eigenvalue weighted by molar-refractivity contribution is -0.0879. The van der Waals surface area contributed by atoms with E-state index in [9.17, 15) is 42.1 Å². The van der Waals surface area contributed by atoms with Gasteiger partial charge < -0.3 is 73.2 Å². The highest BCUT2D eigenvalue weighted by Crippen LogP contribution is 2.42. The molecule has 0 spiro atoms. The summed E-state index contributed by atoms with van der Waals surface area (Å²) in [6.45, 7) is 11.9. The number of hydrogen-bond donors (Lipinski definition) is 4. The van der Waals surface area contributed by atoms with Crippen molar-refractivity contribution < 1.29 is 70.5 Å². The van der Waals surface area contributed by atoms with Gasteiger partial charge >= 0.3 is 0 Å². The summed E-state index contributed by atoms with van der Waals surface area (Å²) in [5.74, 6) is -4.16. The maximum atomic E-state index is 14.4. The fraction of sp³-hybridized carbons (Fsp3) is 0.277. The van der Waals surface area contributed by atoms with Crippen molar-refractivity contribution in [3.63, 3.8) is 0 Å². The van der Waals surface area contributed by atoms with Crippen molar-refractivity contribution >= 4 is 95.5 Å². The molecule has 9 aromatic heterocycles. The summed E-state index contributed by atoms with van der Waals surface area (Å²) in [5.41, 5.74) is 17.0. The fourth-order valence-electron chi connectivity index (χ4n) is 15.0. The molecule has 1 amide bonds. The van der Waals surface area contributed by atoms with Crippen molar-refractivity contribution in [1.82, 2.24) is 88.9 Å². The van der Waals surface area contributed by atoms with Gasteiger partial charge in [-0.2, -0.15) is 20.4 Å². The van der Waals surface area contributed by atoms with Gasteiger partial charge in [0.15, 0.2) is 0 Å². The Labute approximate surface area is 793 Å². The fourth-order valence-corrected chi connectivity index (χ4v) is 15.0. The number of rotatable bonds is 31. The van der Waals surface area contributed by atoms with Crippen molar-refractivity contribution in [3.05, 3.63) is 255 Å². The van der Waals surface area contributed by atoms with Crippen molar-refractivity contribution in [2.24, 2.45) is 21.1 Å². The predicted octanol–water partition coefficient (Wildman–Crippen LogP) is 18.1. The van der Waals surface area contributed by atoms with E-state index in [2.05, 4.69) is 97.5 Å². The van der Waals surface area contributed by atoms with Gasteiger partial charge in [-0.25, -0.2) is 41.9 Å². The zero-order chi connectivity index (χ0) is 98.6. The molecule has 1 unspecified atom stereocenters. The third-order valence-corrected chi connectivity index (χ3v) is 22.4. The maximum Gasteiger partial charge on any atom is 0.272 e. The van der Waals surface area contributed by atoms with Crippen molar-refractivity contribution in [1.29, 1.82) is 0 Å². The molecule has 138 heavy (non-hydrogen) atoms. The Hall–Kier alpha value is -15.8. The van der Waals surface area contributed by atoms with Gasteiger partial charge in [-0.05, 0) is 138 Å². The molecule has 0 aliphatic carbocycles. The largest absolute Gasteiger partial charge is 0.497 e. The summed E-state index contributed by atoms with van der Waals surface area (Å²) in [4.78, 5) is 56.5. The van der Waals surface area contributed by atoms with Gasteiger partial charge in [-0.3, -0.25) is 43.5 Å². The van der Waals surface area contributed by atoms with Crippen LogP contribution in [0.25, 0.3) is 89.2 Å². The number of aliphatic hydroxyl groups excluding tert-OH is 2. The van der Waals surface area contributed by atoms with Crippen molar-refractivity contribution in [2.45, 2.75) is 97.3 Å². The second kappa shape index (κ2) is 42.4. The minimum absolute atomic E-state index is 0.158. The molecular formula is C101H107F5N22O10. The van der Waals surface area contributed by atoms with Crippen LogP contribution >= 0.6 is 0 Å². The summed E-state index contributed by atoms with van der Waals surface area (Å²) >= 11 is 0. The van der Waals surface area contributed by atoms with Crippen LogP contribution in [0.15, 0.2) is 238 Å². The summed E-state index contributed by atoms with van der Waals surface area (Å²) < 4.78 is 112. The van der Waals surface area contributed by atoms with E-state index < -0.39 is 41.4 Å². The van der Waals surface area contributed by atoms with Gasteiger partial charge in [0, 0.05) is 219 Å². The van der Waals surface area contributed by atoms with Crippen LogP contribution in [0.1, 0.15) is 70.6 Å². The summed E-state index contributed by atoms with van der Waals surface area (Å²) in [6, 6.07) is 46.7. The molecule has 17 aromatic rings. The predicted molar refractivity (Wildman–Crippen MR) is 521 cm³/mol. The number of ether oxygens (including phenoxy) is 6. The number of fused-ring (bicyclic) bond motifs is 4. The Morgan fingerprint density at radius 1 is 0.420 bits per heavy atom. The van der Waals surface area contributed by atoms with Crippen LogP contribution in [0.3, 0.4) is 0 Å². The number of carbonyl (C=O) groups excluding carboxylic acids is 1. The number of halogens is 5. The van der Waals surface area contributed by atoms with E-state index in [-0.39, 0.29) is 31.2 Å². The highest BCUT2D eigenvalue weighted by atomic mass is 19.3. The first-order valence-electron chi connectivity index (χ1n) is 43.9. The van der Waals surface area contributed by atoms with E-state index in [4.69, 9.17) is 43.4 Å². The van der Waals surface area contributed by atoms with Crippen molar-refractivity contribution in [2.75, 3.05) is 88.9 Å². The number of benzene rings is 8. The number of carbonyl (C=O) groups is 1. The lowest BCUT2D eigenvalue weighted by Gasteiger charge is -2.31. The van der Waals surface area contributed by atoms with Crippen molar-refractivity contribution in [3.8, 4) is 79.5 Å². The molecule has 0 bridgehead atoms. The molecule has 9 heterocycles. The quantitative estimate of drug-likeness (QED) is 0.0293. The third-order valence-electron chi connectivity index (χ3n) is 22.4. The van der Waals surface area contributed by atoms with Gasteiger partial charge in [0.05, 0.1) is 191 Å².